The van der Waals surface area contributed by atoms with Crippen LogP contribution in [0.25, 0.3) is 0 Å². The molecule has 1 aromatic rings. The molecule has 1 amide bonds. The third kappa shape index (κ3) is 4.45. The Balaban J connectivity index is 2.03. The van der Waals surface area contributed by atoms with Crippen molar-refractivity contribution in [3.8, 4) is 0 Å². The van der Waals surface area contributed by atoms with Gasteiger partial charge in [0.25, 0.3) is 0 Å². The van der Waals surface area contributed by atoms with Crippen molar-refractivity contribution in [1.82, 2.24) is 10.6 Å². The molecule has 128 valence electrons. The molecular formula is C16H21F3N2O2. The van der Waals surface area contributed by atoms with Gasteiger partial charge in [-0.2, -0.15) is 13.2 Å². The number of rotatable bonds is 5. The van der Waals surface area contributed by atoms with Crippen LogP contribution in [-0.2, 0) is 22.3 Å². The van der Waals surface area contributed by atoms with Crippen molar-refractivity contribution in [3.05, 3.63) is 35.4 Å². The number of carbonyl (C=O) groups excluding carboxylic acids is 1. The van der Waals surface area contributed by atoms with Crippen molar-refractivity contribution >= 4 is 5.91 Å². The summed E-state index contributed by atoms with van der Waals surface area (Å²) in [6, 6.07) is 5.00. The van der Waals surface area contributed by atoms with Gasteiger partial charge >= 0.3 is 6.18 Å². The first-order chi connectivity index (χ1) is 10.9. The highest BCUT2D eigenvalue weighted by atomic mass is 19.4. The fourth-order valence-corrected chi connectivity index (χ4v) is 2.85. The number of halogens is 3. The molecule has 1 saturated heterocycles. The van der Waals surface area contributed by atoms with Gasteiger partial charge in [0, 0.05) is 13.7 Å². The molecule has 0 aromatic heterocycles. The number of hydrogen-bond donors (Lipinski definition) is 2. The van der Waals surface area contributed by atoms with E-state index >= 15 is 0 Å². The van der Waals surface area contributed by atoms with Crippen LogP contribution in [0.4, 0.5) is 13.2 Å². The summed E-state index contributed by atoms with van der Waals surface area (Å²) in [4.78, 5) is 12.5. The number of amides is 1. The first-order valence-electron chi connectivity index (χ1n) is 7.51. The molecule has 4 nitrogen and oxygen atoms in total. The predicted molar refractivity (Wildman–Crippen MR) is 79.7 cm³/mol. The first-order valence-corrected chi connectivity index (χ1v) is 7.51. The molecule has 2 N–H and O–H groups in total. The van der Waals surface area contributed by atoms with Crippen LogP contribution in [0.1, 0.15) is 24.0 Å². The highest BCUT2D eigenvalue weighted by Crippen LogP contribution is 2.31. The van der Waals surface area contributed by atoms with Crippen molar-refractivity contribution in [2.24, 2.45) is 5.41 Å². The molecule has 1 aliphatic heterocycles. The van der Waals surface area contributed by atoms with Crippen LogP contribution in [-0.4, -0.2) is 32.7 Å². The van der Waals surface area contributed by atoms with Crippen molar-refractivity contribution in [3.63, 3.8) is 0 Å². The summed E-state index contributed by atoms with van der Waals surface area (Å²) >= 11 is 0. The van der Waals surface area contributed by atoms with E-state index in [1.54, 1.807) is 13.2 Å². The lowest BCUT2D eigenvalue weighted by Gasteiger charge is -2.35. The third-order valence-corrected chi connectivity index (χ3v) is 4.17. The minimum absolute atomic E-state index is 0.0711. The Hall–Kier alpha value is -1.60. The summed E-state index contributed by atoms with van der Waals surface area (Å²) in [7, 11) is 1.55. The lowest BCUT2D eigenvalue weighted by Crippen LogP contribution is -2.49. The Morgan fingerprint density at radius 3 is 2.65 bits per heavy atom. The molecule has 0 unspecified atom stereocenters. The lowest BCUT2D eigenvalue weighted by molar-refractivity contribution is -0.137. The van der Waals surface area contributed by atoms with E-state index in [2.05, 4.69) is 10.6 Å². The Labute approximate surface area is 133 Å². The summed E-state index contributed by atoms with van der Waals surface area (Å²) in [5, 5.41) is 5.95. The number of alkyl halides is 3. The van der Waals surface area contributed by atoms with E-state index in [-0.39, 0.29) is 12.5 Å². The molecule has 0 aliphatic carbocycles. The monoisotopic (exact) mass is 330 g/mol. The minimum Gasteiger partial charge on any atom is -0.384 e. The molecule has 1 aliphatic rings. The molecule has 0 radical (unpaired) electrons. The number of methoxy groups -OCH3 is 1. The van der Waals surface area contributed by atoms with Crippen molar-refractivity contribution in [1.29, 1.82) is 0 Å². The fourth-order valence-electron chi connectivity index (χ4n) is 2.85. The van der Waals surface area contributed by atoms with E-state index < -0.39 is 17.2 Å². The van der Waals surface area contributed by atoms with Gasteiger partial charge in [0.15, 0.2) is 0 Å². The molecule has 23 heavy (non-hydrogen) atoms. The molecule has 1 aromatic carbocycles. The van der Waals surface area contributed by atoms with Gasteiger partial charge in [-0.1, -0.05) is 12.1 Å². The van der Waals surface area contributed by atoms with Gasteiger partial charge in [-0.05, 0) is 43.6 Å². The van der Waals surface area contributed by atoms with E-state index in [4.69, 9.17) is 4.74 Å². The Kier molecular flexibility index (Phi) is 5.64. The van der Waals surface area contributed by atoms with Gasteiger partial charge in [-0.3, -0.25) is 4.79 Å². The van der Waals surface area contributed by atoms with Gasteiger partial charge < -0.3 is 15.4 Å². The smallest absolute Gasteiger partial charge is 0.384 e. The highest BCUT2D eigenvalue weighted by molar-refractivity contribution is 5.83. The van der Waals surface area contributed by atoms with Crippen LogP contribution in [0.2, 0.25) is 0 Å². The van der Waals surface area contributed by atoms with Gasteiger partial charge in [0.05, 0.1) is 17.6 Å². The van der Waals surface area contributed by atoms with E-state index in [1.807, 2.05) is 0 Å². The number of piperidine rings is 1. The predicted octanol–water partition coefficient (Wildman–Crippen LogP) is 2.34. The van der Waals surface area contributed by atoms with Gasteiger partial charge in [0.2, 0.25) is 5.91 Å². The largest absolute Gasteiger partial charge is 0.416 e. The molecule has 1 heterocycles. The maximum absolute atomic E-state index is 12.7. The summed E-state index contributed by atoms with van der Waals surface area (Å²) in [6.07, 6.45) is -3.09. The van der Waals surface area contributed by atoms with E-state index in [9.17, 15) is 18.0 Å². The van der Waals surface area contributed by atoms with Crippen molar-refractivity contribution in [2.75, 3.05) is 26.8 Å². The van der Waals surface area contributed by atoms with E-state index in [1.165, 1.54) is 6.07 Å². The number of benzene rings is 1. The van der Waals surface area contributed by atoms with Crippen molar-refractivity contribution in [2.45, 2.75) is 25.6 Å². The van der Waals surface area contributed by atoms with Gasteiger partial charge in [-0.15, -0.1) is 0 Å². The Morgan fingerprint density at radius 1 is 1.35 bits per heavy atom. The fraction of sp³-hybridized carbons (Fsp3) is 0.562. The molecule has 2 rings (SSSR count). The molecule has 7 heteroatoms. The average molecular weight is 330 g/mol. The highest BCUT2D eigenvalue weighted by Gasteiger charge is 2.39. The second-order valence-corrected chi connectivity index (χ2v) is 5.84. The zero-order valence-electron chi connectivity index (χ0n) is 13.0. The number of hydrogen-bond acceptors (Lipinski definition) is 3. The third-order valence-electron chi connectivity index (χ3n) is 4.17. The van der Waals surface area contributed by atoms with Crippen LogP contribution >= 0.6 is 0 Å². The molecule has 0 saturated carbocycles. The van der Waals surface area contributed by atoms with E-state index in [0.29, 0.717) is 25.0 Å². The molecule has 0 atom stereocenters. The molecule has 1 fully saturated rings. The lowest BCUT2D eigenvalue weighted by atomic mass is 9.78. The van der Waals surface area contributed by atoms with Crippen LogP contribution in [0.3, 0.4) is 0 Å². The summed E-state index contributed by atoms with van der Waals surface area (Å²) in [5.74, 6) is -0.168. The second-order valence-electron chi connectivity index (χ2n) is 5.84. The summed E-state index contributed by atoms with van der Waals surface area (Å²) in [5.41, 5.74) is -0.894. The topological polar surface area (TPSA) is 50.4 Å². The molecule has 0 spiro atoms. The molecular weight excluding hydrogens is 309 g/mol. The van der Waals surface area contributed by atoms with Crippen LogP contribution < -0.4 is 10.6 Å². The maximum Gasteiger partial charge on any atom is 0.416 e. The Morgan fingerprint density at radius 2 is 2.04 bits per heavy atom. The summed E-state index contributed by atoms with van der Waals surface area (Å²) in [6.45, 7) is 1.82. The average Bonchev–Trinajstić information content (AvgIpc) is 2.53. The number of nitrogens with one attached hydrogen (secondary N) is 2. The zero-order valence-corrected chi connectivity index (χ0v) is 13.0. The standard InChI is InChI=1S/C16H21F3N2O2/c1-23-11-15(5-7-20-8-6-15)14(22)21-10-12-3-2-4-13(9-12)16(17,18)19/h2-4,9,20H,5-8,10-11H2,1H3,(H,21,22). The van der Waals surface area contributed by atoms with Crippen LogP contribution in [0.15, 0.2) is 24.3 Å². The second kappa shape index (κ2) is 7.31. The van der Waals surface area contributed by atoms with Crippen LogP contribution in [0, 0.1) is 5.41 Å². The maximum atomic E-state index is 12.7. The molecule has 0 bridgehead atoms. The minimum atomic E-state index is -4.38. The van der Waals surface area contributed by atoms with E-state index in [0.717, 1.165) is 25.2 Å². The Bertz CT molecular complexity index is 535. The van der Waals surface area contributed by atoms with Gasteiger partial charge in [-0.25, -0.2) is 0 Å². The first kappa shape index (κ1) is 17.7. The van der Waals surface area contributed by atoms with Crippen molar-refractivity contribution < 1.29 is 22.7 Å². The quantitative estimate of drug-likeness (QED) is 0.871. The number of ether oxygens (including phenoxy) is 1. The number of carbonyl (C=O) groups is 1. The SMILES string of the molecule is COCC1(C(=O)NCc2cccc(C(F)(F)F)c2)CCNCC1. The van der Waals surface area contributed by atoms with Crippen LogP contribution in [0.5, 0.6) is 0 Å². The zero-order chi connectivity index (χ0) is 16.9. The van der Waals surface area contributed by atoms with Gasteiger partial charge in [0.1, 0.15) is 0 Å². The summed E-state index contributed by atoms with van der Waals surface area (Å²) < 4.78 is 43.3. The normalized spacial score (nSPS) is 17.7.